The van der Waals surface area contributed by atoms with Gasteiger partial charge in [0, 0.05) is 24.0 Å². The maximum Gasteiger partial charge on any atom is 0.191 e. The molecule has 0 spiro atoms. The smallest absolute Gasteiger partial charge is 0.191 e. The zero-order chi connectivity index (χ0) is 16.2. The zero-order valence-corrected chi connectivity index (χ0v) is 14.5. The van der Waals surface area contributed by atoms with Crippen molar-refractivity contribution in [3.63, 3.8) is 0 Å². The van der Waals surface area contributed by atoms with Gasteiger partial charge in [-0.2, -0.15) is 5.26 Å². The predicted molar refractivity (Wildman–Crippen MR) is 88.5 cm³/mol. The van der Waals surface area contributed by atoms with Gasteiger partial charge in [-0.05, 0) is 19.8 Å². The lowest BCUT2D eigenvalue weighted by atomic mass is 10.1. The van der Waals surface area contributed by atoms with Crippen LogP contribution in [0.25, 0.3) is 0 Å². The van der Waals surface area contributed by atoms with E-state index in [-0.39, 0.29) is 11.5 Å². The molecule has 3 heterocycles. The molecule has 0 amide bonds. The molecular weight excluding hydrogens is 330 g/mol. The van der Waals surface area contributed by atoms with Crippen molar-refractivity contribution in [3.8, 4) is 6.07 Å². The van der Waals surface area contributed by atoms with Crippen LogP contribution in [0.3, 0.4) is 0 Å². The van der Waals surface area contributed by atoms with Gasteiger partial charge in [0.2, 0.25) is 0 Å². The Morgan fingerprint density at radius 3 is 3.09 bits per heavy atom. The lowest BCUT2D eigenvalue weighted by molar-refractivity contribution is -0.116. The molecule has 120 valence electrons. The van der Waals surface area contributed by atoms with Gasteiger partial charge in [-0.3, -0.25) is 4.79 Å². The summed E-state index contributed by atoms with van der Waals surface area (Å²) in [6.07, 6.45) is 4.40. The summed E-state index contributed by atoms with van der Waals surface area (Å²) in [6.45, 7) is 2.77. The average molecular weight is 347 g/mol. The van der Waals surface area contributed by atoms with E-state index < -0.39 is 5.92 Å². The van der Waals surface area contributed by atoms with Gasteiger partial charge >= 0.3 is 0 Å². The van der Waals surface area contributed by atoms with E-state index in [4.69, 9.17) is 0 Å². The van der Waals surface area contributed by atoms with Crippen LogP contribution >= 0.6 is 23.1 Å². The molecule has 23 heavy (non-hydrogen) atoms. The van der Waals surface area contributed by atoms with E-state index in [1.54, 1.807) is 0 Å². The van der Waals surface area contributed by atoms with Crippen molar-refractivity contribution in [1.82, 2.24) is 19.7 Å². The summed E-state index contributed by atoms with van der Waals surface area (Å²) in [4.78, 5) is 16.6. The maximum absolute atomic E-state index is 12.4. The van der Waals surface area contributed by atoms with E-state index in [9.17, 15) is 10.1 Å². The van der Waals surface area contributed by atoms with Crippen molar-refractivity contribution in [1.29, 1.82) is 5.26 Å². The molecule has 2 aromatic rings. The number of rotatable bonds is 5. The topological polar surface area (TPSA) is 84.5 Å². The van der Waals surface area contributed by atoms with Crippen LogP contribution in [0.2, 0.25) is 0 Å². The Morgan fingerprint density at radius 2 is 2.35 bits per heavy atom. The van der Waals surface area contributed by atoms with Crippen molar-refractivity contribution >= 4 is 28.9 Å². The van der Waals surface area contributed by atoms with Crippen LogP contribution in [0.4, 0.5) is 0 Å². The molecule has 6 nitrogen and oxygen atoms in total. The summed E-state index contributed by atoms with van der Waals surface area (Å²) < 4.78 is 2.11. The molecule has 0 fully saturated rings. The molecule has 1 atom stereocenters. The molecule has 0 saturated heterocycles. The SMILES string of the molecule is Cc1csc([C@@H](C#N)C(=O)CSc2nnc3n2CCCCC3)n1. The van der Waals surface area contributed by atoms with E-state index in [1.807, 2.05) is 12.3 Å². The van der Waals surface area contributed by atoms with Gasteiger partial charge in [0.25, 0.3) is 0 Å². The van der Waals surface area contributed by atoms with Crippen molar-refractivity contribution in [2.45, 2.75) is 50.2 Å². The van der Waals surface area contributed by atoms with Gasteiger partial charge in [-0.1, -0.05) is 18.2 Å². The number of nitriles is 1. The second kappa shape index (κ2) is 7.23. The Labute approximate surface area is 142 Å². The Balaban J connectivity index is 1.67. The summed E-state index contributed by atoms with van der Waals surface area (Å²) >= 11 is 2.73. The molecular formula is C15H17N5OS2. The van der Waals surface area contributed by atoms with Gasteiger partial charge in [0.15, 0.2) is 16.9 Å². The number of thiazole rings is 1. The van der Waals surface area contributed by atoms with Crippen molar-refractivity contribution < 1.29 is 4.79 Å². The van der Waals surface area contributed by atoms with Crippen molar-refractivity contribution in [3.05, 3.63) is 21.9 Å². The number of carbonyl (C=O) groups is 1. The summed E-state index contributed by atoms with van der Waals surface area (Å²) in [5, 5.41) is 20.9. The van der Waals surface area contributed by atoms with Crippen molar-refractivity contribution in [2.75, 3.05) is 5.75 Å². The largest absolute Gasteiger partial charge is 0.306 e. The van der Waals surface area contributed by atoms with Crippen LogP contribution in [0.5, 0.6) is 0 Å². The lowest BCUT2D eigenvalue weighted by Gasteiger charge is -2.07. The molecule has 8 heteroatoms. The van der Waals surface area contributed by atoms with E-state index in [0.717, 1.165) is 42.5 Å². The molecule has 2 aromatic heterocycles. The molecule has 0 radical (unpaired) electrons. The molecule has 0 bridgehead atoms. The molecule has 3 rings (SSSR count). The monoisotopic (exact) mass is 347 g/mol. The number of hydrogen-bond donors (Lipinski definition) is 0. The van der Waals surface area contributed by atoms with E-state index in [2.05, 4.69) is 25.8 Å². The third-order valence-electron chi connectivity index (χ3n) is 3.75. The molecule has 0 N–H and O–H groups in total. The number of aromatic nitrogens is 4. The number of thioether (sulfide) groups is 1. The minimum Gasteiger partial charge on any atom is -0.306 e. The fraction of sp³-hybridized carbons (Fsp3) is 0.533. The normalized spacial score (nSPS) is 15.5. The number of hydrogen-bond acceptors (Lipinski definition) is 7. The average Bonchev–Trinajstić information content (AvgIpc) is 3.05. The predicted octanol–water partition coefficient (Wildman–Crippen LogP) is 2.74. The Kier molecular flexibility index (Phi) is 5.08. The van der Waals surface area contributed by atoms with Gasteiger partial charge in [0.1, 0.15) is 10.8 Å². The van der Waals surface area contributed by atoms with Crippen LogP contribution in [0.15, 0.2) is 10.5 Å². The molecule has 0 aromatic carbocycles. The van der Waals surface area contributed by atoms with Crippen molar-refractivity contribution in [2.24, 2.45) is 0 Å². The number of Topliss-reactive ketones (excluding diaryl/α,β-unsaturated/α-hetero) is 1. The highest BCUT2D eigenvalue weighted by Crippen LogP contribution is 2.26. The van der Waals surface area contributed by atoms with Crippen LogP contribution in [0, 0.1) is 18.3 Å². The van der Waals surface area contributed by atoms with Crippen LogP contribution in [0.1, 0.15) is 41.7 Å². The van der Waals surface area contributed by atoms with Crippen LogP contribution in [-0.4, -0.2) is 31.3 Å². The minimum atomic E-state index is -0.785. The van der Waals surface area contributed by atoms with Crippen LogP contribution < -0.4 is 0 Å². The molecule has 0 unspecified atom stereocenters. The third kappa shape index (κ3) is 3.62. The maximum atomic E-state index is 12.4. The standard InChI is InChI=1S/C15H17N5OS2/c1-10-8-22-14(17-10)11(7-16)12(21)9-23-15-19-18-13-5-3-2-4-6-20(13)15/h8,11H,2-6,9H2,1H3/t11-/m0/s1. The Hall–Kier alpha value is -1.72. The first kappa shape index (κ1) is 16.1. The number of carbonyl (C=O) groups excluding carboxylic acids is 1. The second-order valence-corrected chi connectivity index (χ2v) is 7.34. The van der Waals surface area contributed by atoms with Gasteiger partial charge in [-0.15, -0.1) is 21.5 Å². The molecule has 1 aliphatic rings. The molecule has 0 aliphatic carbocycles. The summed E-state index contributed by atoms with van der Waals surface area (Å²) in [6, 6.07) is 2.08. The first-order valence-corrected chi connectivity index (χ1v) is 9.45. The highest BCUT2D eigenvalue weighted by molar-refractivity contribution is 7.99. The van der Waals surface area contributed by atoms with Gasteiger partial charge in [0.05, 0.1) is 11.8 Å². The fourth-order valence-electron chi connectivity index (χ4n) is 2.55. The fourth-order valence-corrected chi connectivity index (χ4v) is 4.30. The van der Waals surface area contributed by atoms with E-state index in [1.165, 1.54) is 29.5 Å². The van der Waals surface area contributed by atoms with E-state index >= 15 is 0 Å². The molecule has 0 saturated carbocycles. The van der Waals surface area contributed by atoms with E-state index in [0.29, 0.717) is 5.01 Å². The second-order valence-electron chi connectivity index (χ2n) is 5.51. The number of nitrogens with zero attached hydrogens (tertiary/aromatic N) is 5. The number of aryl methyl sites for hydroxylation is 2. The summed E-state index contributed by atoms with van der Waals surface area (Å²) in [5.41, 5.74) is 0.841. The van der Waals surface area contributed by atoms with Crippen LogP contribution in [-0.2, 0) is 17.8 Å². The Morgan fingerprint density at radius 1 is 1.48 bits per heavy atom. The Bertz CT molecular complexity index is 745. The quantitative estimate of drug-likeness (QED) is 0.773. The molecule has 1 aliphatic heterocycles. The first-order valence-electron chi connectivity index (χ1n) is 7.58. The minimum absolute atomic E-state index is 0.127. The number of ketones is 1. The zero-order valence-electron chi connectivity index (χ0n) is 12.9. The first-order chi connectivity index (χ1) is 11.2. The van der Waals surface area contributed by atoms with Gasteiger partial charge < -0.3 is 4.57 Å². The summed E-state index contributed by atoms with van der Waals surface area (Å²) in [5.74, 6) is 0.310. The number of fused-ring (bicyclic) bond motifs is 1. The van der Waals surface area contributed by atoms with Gasteiger partial charge in [-0.25, -0.2) is 4.98 Å². The highest BCUT2D eigenvalue weighted by atomic mass is 32.2. The highest BCUT2D eigenvalue weighted by Gasteiger charge is 2.24. The lowest BCUT2D eigenvalue weighted by Crippen LogP contribution is -2.14. The summed E-state index contributed by atoms with van der Waals surface area (Å²) in [7, 11) is 0. The third-order valence-corrected chi connectivity index (χ3v) is 5.77.